The van der Waals surface area contributed by atoms with E-state index in [1.807, 2.05) is 0 Å². The molecule has 0 fully saturated rings. The molecule has 10 heteroatoms. The Balaban J connectivity index is 4.16. The highest BCUT2D eigenvalue weighted by Gasteiger charge is 2.28. The maximum Gasteiger partial charge on any atom is 0.472 e. The van der Waals surface area contributed by atoms with Crippen molar-refractivity contribution in [3.63, 3.8) is 0 Å². The minimum atomic E-state index is -4.36. The number of nitrogens with one attached hydrogen (secondary N) is 1. The number of aliphatic hydroxyl groups excluding tert-OH is 2. The number of unbranched alkanes of at least 4 members (excludes halogenated alkanes) is 22. The maximum absolute atomic E-state index is 12.7. The molecule has 6 N–H and O–H groups in total. The Kier molecular flexibility index (Phi) is 32.6. The lowest BCUT2D eigenvalue weighted by atomic mass is 10.0. The Morgan fingerprint density at radius 2 is 1.04 bits per heavy atom. The van der Waals surface area contributed by atoms with E-state index in [1.54, 1.807) is 0 Å². The molecule has 0 bridgehead atoms. The van der Waals surface area contributed by atoms with Crippen LogP contribution in [-0.2, 0) is 18.4 Å². The van der Waals surface area contributed by atoms with E-state index < -0.39 is 32.0 Å². The molecule has 0 aromatic heterocycles. The second-order valence-electron chi connectivity index (χ2n) is 13.3. The standard InChI is InChI=1S/C36H75N2O7P/c1-3-5-7-9-11-12-13-14-15-16-17-18-19-20-22-23-25-27-33(39)31-36(41)38-34(32-45-46(42,43)44-30-29-37)35(40)28-26-24-21-10-8-6-4-2/h33-35,39-40H,3-32,37H2,1-2H3,(H,38,41)(H,42,43). The van der Waals surface area contributed by atoms with Gasteiger partial charge < -0.3 is 26.2 Å². The van der Waals surface area contributed by atoms with E-state index in [0.29, 0.717) is 12.8 Å². The van der Waals surface area contributed by atoms with Gasteiger partial charge in [0.05, 0.1) is 37.9 Å². The van der Waals surface area contributed by atoms with Crippen LogP contribution in [0.25, 0.3) is 0 Å². The van der Waals surface area contributed by atoms with Crippen LogP contribution in [0.2, 0.25) is 0 Å². The summed E-state index contributed by atoms with van der Waals surface area (Å²) in [5, 5.41) is 23.9. The fourth-order valence-corrected chi connectivity index (χ4v) is 6.59. The zero-order valence-electron chi connectivity index (χ0n) is 29.9. The molecule has 0 aliphatic carbocycles. The Bertz CT molecular complexity index is 716. The van der Waals surface area contributed by atoms with Gasteiger partial charge in [-0.05, 0) is 12.8 Å². The van der Waals surface area contributed by atoms with Gasteiger partial charge in [-0.3, -0.25) is 13.8 Å². The minimum Gasteiger partial charge on any atom is -0.393 e. The summed E-state index contributed by atoms with van der Waals surface area (Å²) in [5.41, 5.74) is 5.33. The van der Waals surface area contributed by atoms with E-state index in [1.165, 1.54) is 109 Å². The second-order valence-corrected chi connectivity index (χ2v) is 14.8. The van der Waals surface area contributed by atoms with Gasteiger partial charge >= 0.3 is 7.82 Å². The third-order valence-electron chi connectivity index (χ3n) is 8.77. The molecule has 9 nitrogen and oxygen atoms in total. The Morgan fingerprint density at radius 3 is 1.46 bits per heavy atom. The van der Waals surface area contributed by atoms with Crippen LogP contribution in [0.1, 0.15) is 187 Å². The predicted molar refractivity (Wildman–Crippen MR) is 191 cm³/mol. The van der Waals surface area contributed by atoms with Gasteiger partial charge in [-0.15, -0.1) is 0 Å². The zero-order valence-corrected chi connectivity index (χ0v) is 30.8. The van der Waals surface area contributed by atoms with Crippen molar-refractivity contribution in [2.24, 2.45) is 5.73 Å². The molecule has 0 radical (unpaired) electrons. The highest BCUT2D eigenvalue weighted by atomic mass is 31.2. The van der Waals surface area contributed by atoms with E-state index in [4.69, 9.17) is 14.8 Å². The van der Waals surface area contributed by atoms with Gasteiger partial charge in [0.15, 0.2) is 0 Å². The summed E-state index contributed by atoms with van der Waals surface area (Å²) in [4.78, 5) is 22.6. The summed E-state index contributed by atoms with van der Waals surface area (Å²) < 4.78 is 21.9. The van der Waals surface area contributed by atoms with Gasteiger partial charge in [0, 0.05) is 6.54 Å². The molecule has 0 heterocycles. The number of hydrogen-bond donors (Lipinski definition) is 5. The first-order valence-electron chi connectivity index (χ1n) is 19.2. The van der Waals surface area contributed by atoms with Crippen molar-refractivity contribution in [2.45, 2.75) is 205 Å². The third-order valence-corrected chi connectivity index (χ3v) is 9.75. The summed E-state index contributed by atoms with van der Waals surface area (Å²) in [6.07, 6.45) is 28.8. The van der Waals surface area contributed by atoms with Crippen LogP contribution in [0, 0.1) is 0 Å². The van der Waals surface area contributed by atoms with Crippen LogP contribution in [0.3, 0.4) is 0 Å². The molecule has 0 rings (SSSR count). The van der Waals surface area contributed by atoms with Gasteiger partial charge in [-0.1, -0.05) is 168 Å². The van der Waals surface area contributed by atoms with E-state index in [9.17, 15) is 24.5 Å². The number of aliphatic hydroxyl groups is 2. The molecule has 4 unspecified atom stereocenters. The number of carbonyl (C=O) groups is 1. The Hall–Kier alpha value is -0.540. The average Bonchev–Trinajstić information content (AvgIpc) is 3.03. The molecular formula is C36H75N2O7P. The predicted octanol–water partition coefficient (Wildman–Crippen LogP) is 8.86. The number of phosphoric ester groups is 1. The molecule has 46 heavy (non-hydrogen) atoms. The van der Waals surface area contributed by atoms with Crippen molar-refractivity contribution < 1.29 is 33.5 Å². The maximum atomic E-state index is 12.7. The smallest absolute Gasteiger partial charge is 0.393 e. The zero-order chi connectivity index (χ0) is 34.1. The summed E-state index contributed by atoms with van der Waals surface area (Å²) in [6.45, 7) is 3.99. The minimum absolute atomic E-state index is 0.0618. The lowest BCUT2D eigenvalue weighted by Gasteiger charge is -2.25. The molecule has 1 amide bonds. The van der Waals surface area contributed by atoms with E-state index >= 15 is 0 Å². The first-order valence-corrected chi connectivity index (χ1v) is 20.7. The van der Waals surface area contributed by atoms with Crippen molar-refractivity contribution in [1.29, 1.82) is 0 Å². The molecular weight excluding hydrogens is 603 g/mol. The molecule has 0 aromatic carbocycles. The molecule has 0 saturated carbocycles. The quantitative estimate of drug-likeness (QED) is 0.0326. The third kappa shape index (κ3) is 30.8. The molecule has 276 valence electrons. The Labute approximate surface area is 283 Å². The largest absolute Gasteiger partial charge is 0.472 e. The SMILES string of the molecule is CCCCCCCCCCCCCCCCCCCC(O)CC(=O)NC(COP(=O)(O)OCCN)C(O)CCCCCCCCC. The van der Waals surface area contributed by atoms with Crippen molar-refractivity contribution in [3.8, 4) is 0 Å². The molecule has 0 spiro atoms. The molecule has 4 atom stereocenters. The average molecular weight is 679 g/mol. The fourth-order valence-electron chi connectivity index (χ4n) is 5.83. The lowest BCUT2D eigenvalue weighted by molar-refractivity contribution is -0.125. The number of amides is 1. The first kappa shape index (κ1) is 45.5. The molecule has 0 aliphatic rings. The number of carbonyl (C=O) groups excluding carboxylic acids is 1. The van der Waals surface area contributed by atoms with Crippen LogP contribution in [-0.4, -0.2) is 59.0 Å². The summed E-state index contributed by atoms with van der Waals surface area (Å²) in [7, 11) is -4.36. The van der Waals surface area contributed by atoms with Gasteiger partial charge in [0.25, 0.3) is 0 Å². The van der Waals surface area contributed by atoms with Crippen molar-refractivity contribution in [3.05, 3.63) is 0 Å². The van der Waals surface area contributed by atoms with E-state index in [-0.39, 0.29) is 26.2 Å². The Morgan fingerprint density at radius 1 is 0.652 bits per heavy atom. The second kappa shape index (κ2) is 33.0. The number of phosphoric acid groups is 1. The van der Waals surface area contributed by atoms with E-state index in [2.05, 4.69) is 19.2 Å². The first-order chi connectivity index (χ1) is 22.3. The molecule has 0 aliphatic heterocycles. The topological polar surface area (TPSA) is 151 Å². The number of hydrogen-bond acceptors (Lipinski definition) is 7. The summed E-state index contributed by atoms with van der Waals surface area (Å²) >= 11 is 0. The summed E-state index contributed by atoms with van der Waals surface area (Å²) in [6, 6.07) is -0.887. The van der Waals surface area contributed by atoms with Crippen molar-refractivity contribution in [2.75, 3.05) is 19.8 Å². The normalized spacial score (nSPS) is 15.0. The monoisotopic (exact) mass is 679 g/mol. The number of nitrogens with two attached hydrogens (primary N) is 1. The summed E-state index contributed by atoms with van der Waals surface area (Å²) in [5.74, 6) is -0.415. The van der Waals surface area contributed by atoms with Crippen molar-refractivity contribution in [1.82, 2.24) is 5.32 Å². The van der Waals surface area contributed by atoms with Crippen LogP contribution in [0.5, 0.6) is 0 Å². The van der Waals surface area contributed by atoms with Gasteiger partial charge in [0.1, 0.15) is 0 Å². The van der Waals surface area contributed by atoms with Crippen LogP contribution >= 0.6 is 7.82 Å². The lowest BCUT2D eigenvalue weighted by Crippen LogP contribution is -2.47. The fraction of sp³-hybridized carbons (Fsp3) is 0.972. The molecule has 0 aromatic rings. The van der Waals surface area contributed by atoms with Crippen LogP contribution in [0.4, 0.5) is 0 Å². The van der Waals surface area contributed by atoms with E-state index in [0.717, 1.165) is 44.9 Å². The highest BCUT2D eigenvalue weighted by Crippen LogP contribution is 2.43. The van der Waals surface area contributed by atoms with Gasteiger partial charge in [0.2, 0.25) is 5.91 Å². The number of rotatable bonds is 36. The van der Waals surface area contributed by atoms with Crippen LogP contribution in [0.15, 0.2) is 0 Å². The highest BCUT2D eigenvalue weighted by molar-refractivity contribution is 7.47. The van der Waals surface area contributed by atoms with Gasteiger partial charge in [-0.2, -0.15) is 0 Å². The van der Waals surface area contributed by atoms with Crippen LogP contribution < -0.4 is 11.1 Å². The molecule has 0 saturated heterocycles. The van der Waals surface area contributed by atoms with Gasteiger partial charge in [-0.25, -0.2) is 4.57 Å². The van der Waals surface area contributed by atoms with Crippen molar-refractivity contribution >= 4 is 13.7 Å².